The second-order valence-corrected chi connectivity index (χ2v) is 4.74. The van der Waals surface area contributed by atoms with Crippen molar-refractivity contribution in [1.29, 1.82) is 0 Å². The number of alkyl halides is 3. The van der Waals surface area contributed by atoms with Crippen LogP contribution in [-0.2, 0) is 0 Å². The smallest absolute Gasteiger partial charge is 0.387 e. The summed E-state index contributed by atoms with van der Waals surface area (Å²) >= 11 is 5.68. The lowest BCUT2D eigenvalue weighted by Gasteiger charge is -2.14. The molecule has 1 aromatic rings. The molecule has 1 atom stereocenters. The number of rotatable bonds is 8. The van der Waals surface area contributed by atoms with Crippen molar-refractivity contribution < 1.29 is 18.3 Å². The van der Waals surface area contributed by atoms with E-state index in [0.29, 0.717) is 23.9 Å². The number of hydrogen-bond donors (Lipinski definition) is 1. The highest BCUT2D eigenvalue weighted by Crippen LogP contribution is 2.15. The molecule has 0 radical (unpaired) electrons. The molecular weight excluding hydrogens is 288 g/mol. The number of amides is 1. The maximum atomic E-state index is 12.0. The maximum absolute atomic E-state index is 12.0. The van der Waals surface area contributed by atoms with Crippen LogP contribution in [0.3, 0.4) is 0 Å². The average Bonchev–Trinajstić information content (AvgIpc) is 2.43. The molecule has 0 spiro atoms. The molecule has 0 saturated carbocycles. The summed E-state index contributed by atoms with van der Waals surface area (Å²) < 4.78 is 28.2. The summed E-state index contributed by atoms with van der Waals surface area (Å²) in [6.07, 6.45) is 1.79. The fourth-order valence-electron chi connectivity index (χ4n) is 1.73. The highest BCUT2D eigenvalue weighted by atomic mass is 35.5. The van der Waals surface area contributed by atoms with Crippen molar-refractivity contribution in [2.75, 3.05) is 12.4 Å². The molecule has 20 heavy (non-hydrogen) atoms. The molecule has 0 aromatic heterocycles. The minimum atomic E-state index is -2.87. The van der Waals surface area contributed by atoms with E-state index < -0.39 is 6.61 Å². The van der Waals surface area contributed by atoms with Gasteiger partial charge in [0.15, 0.2) is 0 Å². The topological polar surface area (TPSA) is 38.3 Å². The number of carbonyl (C=O) groups is 1. The SMILES string of the molecule is CCC(CCCl)CNC(=O)c1ccc(OC(F)F)cc1. The summed E-state index contributed by atoms with van der Waals surface area (Å²) in [7, 11) is 0. The fourth-order valence-corrected chi connectivity index (χ4v) is 2.04. The Bertz CT molecular complexity index is 412. The molecule has 1 N–H and O–H groups in total. The minimum absolute atomic E-state index is 0.0325. The van der Waals surface area contributed by atoms with Gasteiger partial charge in [0.1, 0.15) is 5.75 Å². The van der Waals surface area contributed by atoms with Crippen molar-refractivity contribution in [2.45, 2.75) is 26.4 Å². The van der Waals surface area contributed by atoms with Crippen LogP contribution in [0.4, 0.5) is 8.78 Å². The van der Waals surface area contributed by atoms with Crippen molar-refractivity contribution in [1.82, 2.24) is 5.32 Å². The minimum Gasteiger partial charge on any atom is -0.435 e. The van der Waals surface area contributed by atoms with E-state index in [1.54, 1.807) is 0 Å². The molecule has 1 aromatic carbocycles. The van der Waals surface area contributed by atoms with Crippen LogP contribution in [0.15, 0.2) is 24.3 Å². The molecule has 1 unspecified atom stereocenters. The second-order valence-electron chi connectivity index (χ2n) is 4.36. The van der Waals surface area contributed by atoms with Gasteiger partial charge in [-0.1, -0.05) is 13.3 Å². The Labute approximate surface area is 122 Å². The Morgan fingerprint density at radius 3 is 2.50 bits per heavy atom. The van der Waals surface area contributed by atoms with Crippen LogP contribution in [0.2, 0.25) is 0 Å². The van der Waals surface area contributed by atoms with Gasteiger partial charge >= 0.3 is 6.61 Å². The lowest BCUT2D eigenvalue weighted by atomic mass is 10.0. The number of carbonyl (C=O) groups excluding carboxylic acids is 1. The summed E-state index contributed by atoms with van der Waals surface area (Å²) in [5.74, 6) is 0.707. The Morgan fingerprint density at radius 1 is 1.35 bits per heavy atom. The van der Waals surface area contributed by atoms with E-state index in [-0.39, 0.29) is 11.7 Å². The Balaban J connectivity index is 2.51. The van der Waals surface area contributed by atoms with Gasteiger partial charge in [-0.05, 0) is 36.6 Å². The van der Waals surface area contributed by atoms with Crippen LogP contribution in [0.5, 0.6) is 5.75 Å². The van der Waals surface area contributed by atoms with Gasteiger partial charge in [-0.3, -0.25) is 4.79 Å². The molecule has 0 aliphatic carbocycles. The first-order valence-electron chi connectivity index (χ1n) is 6.45. The van der Waals surface area contributed by atoms with E-state index in [1.165, 1.54) is 24.3 Å². The van der Waals surface area contributed by atoms with Gasteiger partial charge in [-0.15, -0.1) is 11.6 Å². The molecule has 0 heterocycles. The van der Waals surface area contributed by atoms with E-state index >= 15 is 0 Å². The summed E-state index contributed by atoms with van der Waals surface area (Å²) in [6, 6.07) is 5.60. The van der Waals surface area contributed by atoms with Gasteiger partial charge in [0.05, 0.1) is 0 Å². The Kier molecular flexibility index (Phi) is 7.30. The first-order chi connectivity index (χ1) is 9.56. The molecule has 0 aliphatic heterocycles. The van der Waals surface area contributed by atoms with Crippen molar-refractivity contribution >= 4 is 17.5 Å². The summed E-state index contributed by atoms with van der Waals surface area (Å²) in [4.78, 5) is 11.9. The van der Waals surface area contributed by atoms with E-state index in [1.807, 2.05) is 6.92 Å². The van der Waals surface area contributed by atoms with Crippen molar-refractivity contribution in [3.63, 3.8) is 0 Å². The molecule has 0 bridgehead atoms. The quantitative estimate of drug-likeness (QED) is 0.744. The lowest BCUT2D eigenvalue weighted by molar-refractivity contribution is -0.0498. The standard InChI is InChI=1S/C14H18ClF2NO2/c1-2-10(7-8-15)9-18-13(19)11-3-5-12(6-4-11)20-14(16)17/h3-6,10,14H,2,7-9H2,1H3,(H,18,19). The van der Waals surface area contributed by atoms with Crippen LogP contribution in [-0.4, -0.2) is 24.9 Å². The normalized spacial score (nSPS) is 12.2. The van der Waals surface area contributed by atoms with E-state index in [4.69, 9.17) is 11.6 Å². The molecule has 1 amide bonds. The average molecular weight is 306 g/mol. The third kappa shape index (κ3) is 5.74. The maximum Gasteiger partial charge on any atom is 0.387 e. The van der Waals surface area contributed by atoms with E-state index in [9.17, 15) is 13.6 Å². The monoisotopic (exact) mass is 305 g/mol. The number of nitrogens with one attached hydrogen (secondary N) is 1. The Hall–Kier alpha value is -1.36. The van der Waals surface area contributed by atoms with Gasteiger partial charge in [-0.2, -0.15) is 8.78 Å². The van der Waals surface area contributed by atoms with Crippen LogP contribution in [0.1, 0.15) is 30.1 Å². The van der Waals surface area contributed by atoms with Crippen LogP contribution >= 0.6 is 11.6 Å². The lowest BCUT2D eigenvalue weighted by Crippen LogP contribution is -2.29. The first kappa shape index (κ1) is 16.7. The van der Waals surface area contributed by atoms with Gasteiger partial charge < -0.3 is 10.1 Å². The predicted molar refractivity (Wildman–Crippen MR) is 74.5 cm³/mol. The van der Waals surface area contributed by atoms with E-state index in [2.05, 4.69) is 10.1 Å². The zero-order valence-corrected chi connectivity index (χ0v) is 12.0. The predicted octanol–water partition coefficient (Wildman–Crippen LogP) is 3.67. The summed E-state index contributed by atoms with van der Waals surface area (Å²) in [6.45, 7) is -0.271. The summed E-state index contributed by atoms with van der Waals surface area (Å²) in [5.41, 5.74) is 0.410. The second kappa shape index (κ2) is 8.74. The van der Waals surface area contributed by atoms with Crippen molar-refractivity contribution in [3.8, 4) is 5.75 Å². The van der Waals surface area contributed by atoms with Gasteiger partial charge in [0, 0.05) is 18.0 Å². The molecular formula is C14H18ClF2NO2. The first-order valence-corrected chi connectivity index (χ1v) is 6.99. The van der Waals surface area contributed by atoms with Crippen LogP contribution < -0.4 is 10.1 Å². The van der Waals surface area contributed by atoms with Gasteiger partial charge in [0.2, 0.25) is 0 Å². The van der Waals surface area contributed by atoms with Gasteiger partial charge in [0.25, 0.3) is 5.91 Å². The van der Waals surface area contributed by atoms with E-state index in [0.717, 1.165) is 12.8 Å². The molecule has 1 rings (SSSR count). The molecule has 6 heteroatoms. The zero-order chi connectivity index (χ0) is 15.0. The molecule has 0 fully saturated rings. The summed E-state index contributed by atoms with van der Waals surface area (Å²) in [5, 5.41) is 2.81. The largest absolute Gasteiger partial charge is 0.435 e. The van der Waals surface area contributed by atoms with Crippen molar-refractivity contribution in [3.05, 3.63) is 29.8 Å². The highest BCUT2D eigenvalue weighted by molar-refractivity contribution is 6.17. The fraction of sp³-hybridized carbons (Fsp3) is 0.500. The highest BCUT2D eigenvalue weighted by Gasteiger charge is 2.10. The number of hydrogen-bond acceptors (Lipinski definition) is 2. The number of benzene rings is 1. The van der Waals surface area contributed by atoms with Gasteiger partial charge in [-0.25, -0.2) is 0 Å². The van der Waals surface area contributed by atoms with Crippen LogP contribution in [0.25, 0.3) is 0 Å². The number of ether oxygens (including phenoxy) is 1. The molecule has 0 aliphatic rings. The number of halogens is 3. The Morgan fingerprint density at radius 2 is 2.00 bits per heavy atom. The third-order valence-corrected chi connectivity index (χ3v) is 3.21. The van der Waals surface area contributed by atoms with Crippen molar-refractivity contribution in [2.24, 2.45) is 5.92 Å². The molecule has 112 valence electrons. The molecule has 3 nitrogen and oxygen atoms in total. The third-order valence-electron chi connectivity index (χ3n) is 2.99. The molecule has 0 saturated heterocycles. The van der Waals surface area contributed by atoms with Crippen LogP contribution in [0, 0.1) is 5.92 Å². The zero-order valence-electron chi connectivity index (χ0n) is 11.2.